The van der Waals surface area contributed by atoms with Crippen LogP contribution in [0.25, 0.3) is 16.7 Å². The highest BCUT2D eigenvalue weighted by molar-refractivity contribution is 8.01. The number of aromatic amines is 1. The molecule has 1 aromatic heterocycles. The molecule has 3 aromatic rings. The molecule has 2 aromatic carbocycles. The summed E-state index contributed by atoms with van der Waals surface area (Å²) < 4.78 is 1.99. The standard InChI is InChI=1S/C24H24N3S/c1-17-12-13-20(15-28-24-26-25-16-27(24)3)22(14-17)21-11-7-8-18(2)23(21)19-9-5-4-6-10-19/h4-5,7-9,11-16H,6,10H2,1-3H3/p+1. The summed E-state index contributed by atoms with van der Waals surface area (Å²) in [7, 11) is 2.00. The van der Waals surface area contributed by atoms with E-state index in [0.29, 0.717) is 0 Å². The van der Waals surface area contributed by atoms with Crippen LogP contribution in [-0.4, -0.2) is 10.2 Å². The number of nitrogens with zero attached hydrogens (tertiary/aromatic N) is 2. The van der Waals surface area contributed by atoms with E-state index in [-0.39, 0.29) is 0 Å². The quantitative estimate of drug-likeness (QED) is 0.460. The second-order valence-corrected chi connectivity index (χ2v) is 8.08. The minimum Gasteiger partial charge on any atom is -0.228 e. The smallest absolute Gasteiger partial charge is 0.228 e. The van der Waals surface area contributed by atoms with E-state index in [0.717, 1.165) is 18.0 Å². The Balaban J connectivity index is 1.78. The van der Waals surface area contributed by atoms with Crippen molar-refractivity contribution >= 4 is 17.3 Å². The van der Waals surface area contributed by atoms with Gasteiger partial charge in [0.05, 0.1) is 17.9 Å². The lowest BCUT2D eigenvalue weighted by molar-refractivity contribution is -0.709. The molecule has 28 heavy (non-hydrogen) atoms. The van der Waals surface area contributed by atoms with Gasteiger partial charge in [-0.2, -0.15) is 0 Å². The molecule has 0 spiro atoms. The van der Waals surface area contributed by atoms with Gasteiger partial charge in [0, 0.05) is 0 Å². The SMILES string of the molecule is Cc1ccc([CH]Sc2n[nH]c[n+]2C)c(-c2cccc(C)c2C2=CC=CCC2)c1. The Bertz CT molecular complexity index is 1060. The van der Waals surface area contributed by atoms with Gasteiger partial charge in [-0.15, -0.1) is 5.10 Å². The molecule has 0 fully saturated rings. The van der Waals surface area contributed by atoms with Gasteiger partial charge in [0.1, 0.15) is 0 Å². The molecule has 1 N–H and O–H groups in total. The third kappa shape index (κ3) is 3.83. The summed E-state index contributed by atoms with van der Waals surface area (Å²) in [5.41, 5.74) is 9.21. The van der Waals surface area contributed by atoms with Gasteiger partial charge in [-0.25, -0.2) is 4.57 Å². The number of nitrogens with one attached hydrogen (secondary N) is 1. The van der Waals surface area contributed by atoms with E-state index in [4.69, 9.17) is 0 Å². The molecule has 0 saturated carbocycles. The van der Waals surface area contributed by atoms with Crippen LogP contribution in [0.1, 0.15) is 35.1 Å². The Kier molecular flexibility index (Phi) is 5.49. The van der Waals surface area contributed by atoms with Crippen molar-refractivity contribution < 1.29 is 4.57 Å². The maximum Gasteiger partial charge on any atom is 0.336 e. The van der Waals surface area contributed by atoms with Crippen molar-refractivity contribution in [2.24, 2.45) is 7.05 Å². The molecule has 1 aliphatic carbocycles. The molecule has 4 rings (SSSR count). The number of aromatic nitrogens is 3. The van der Waals surface area contributed by atoms with Crippen LogP contribution in [0.4, 0.5) is 0 Å². The van der Waals surface area contributed by atoms with Gasteiger partial charge in [0.2, 0.25) is 6.33 Å². The molecule has 1 heterocycles. The second-order valence-electron chi connectivity index (χ2n) is 7.25. The molecule has 0 bridgehead atoms. The molecule has 1 radical (unpaired) electrons. The highest BCUT2D eigenvalue weighted by atomic mass is 32.2. The van der Waals surface area contributed by atoms with Crippen molar-refractivity contribution in [1.29, 1.82) is 0 Å². The zero-order valence-electron chi connectivity index (χ0n) is 16.6. The summed E-state index contributed by atoms with van der Waals surface area (Å²) in [6.07, 6.45) is 10.8. The first-order valence-corrected chi connectivity index (χ1v) is 10.5. The number of hydrogen-bond donors (Lipinski definition) is 1. The number of benzene rings is 2. The summed E-state index contributed by atoms with van der Waals surface area (Å²) in [6.45, 7) is 4.38. The average Bonchev–Trinajstić information content (AvgIpc) is 3.12. The molecule has 0 unspecified atom stereocenters. The normalized spacial score (nSPS) is 13.6. The van der Waals surface area contributed by atoms with E-state index < -0.39 is 0 Å². The summed E-state index contributed by atoms with van der Waals surface area (Å²) >= 11 is 1.64. The molecule has 4 heteroatoms. The first kappa shape index (κ1) is 18.8. The molecular formula is C24H25N3S+. The Morgan fingerprint density at radius 2 is 2.04 bits per heavy atom. The Hall–Kier alpha value is -2.59. The van der Waals surface area contributed by atoms with Crippen LogP contribution in [0, 0.1) is 19.6 Å². The summed E-state index contributed by atoms with van der Waals surface area (Å²) in [4.78, 5) is 0. The van der Waals surface area contributed by atoms with Crippen LogP contribution in [0.2, 0.25) is 0 Å². The van der Waals surface area contributed by atoms with Crippen molar-refractivity contribution in [3.05, 3.63) is 89.0 Å². The minimum absolute atomic E-state index is 0.941. The second kappa shape index (κ2) is 8.19. The molecule has 0 amide bonds. The molecule has 0 saturated heterocycles. The minimum atomic E-state index is 0.941. The van der Waals surface area contributed by atoms with Crippen molar-refractivity contribution in [1.82, 2.24) is 10.2 Å². The monoisotopic (exact) mass is 387 g/mol. The molecule has 0 aliphatic heterocycles. The third-order valence-electron chi connectivity index (χ3n) is 5.11. The van der Waals surface area contributed by atoms with E-state index in [1.54, 1.807) is 11.8 Å². The number of rotatable bonds is 5. The lowest BCUT2D eigenvalue weighted by Crippen LogP contribution is -2.27. The molecule has 141 valence electrons. The Labute approximate surface area is 171 Å². The molecule has 0 atom stereocenters. The summed E-state index contributed by atoms with van der Waals surface area (Å²) in [5, 5.41) is 8.16. The Morgan fingerprint density at radius 1 is 1.14 bits per heavy atom. The number of thioether (sulfide) groups is 1. The maximum absolute atomic E-state index is 4.31. The number of hydrogen-bond acceptors (Lipinski definition) is 2. The fourth-order valence-electron chi connectivity index (χ4n) is 3.67. The lowest BCUT2D eigenvalue weighted by atomic mass is 9.86. The molecule has 3 nitrogen and oxygen atoms in total. The van der Waals surface area contributed by atoms with Gasteiger partial charge in [0.25, 0.3) is 0 Å². The summed E-state index contributed by atoms with van der Waals surface area (Å²) in [5.74, 6) is 2.20. The van der Waals surface area contributed by atoms with E-state index in [9.17, 15) is 0 Å². The topological polar surface area (TPSA) is 32.6 Å². The van der Waals surface area contributed by atoms with Crippen molar-refractivity contribution in [3.63, 3.8) is 0 Å². The molecule has 1 aliphatic rings. The zero-order chi connectivity index (χ0) is 19.5. The van der Waals surface area contributed by atoms with Crippen molar-refractivity contribution in [2.45, 2.75) is 31.8 Å². The summed E-state index contributed by atoms with van der Waals surface area (Å²) in [6, 6.07) is 13.3. The van der Waals surface area contributed by atoms with Gasteiger partial charge >= 0.3 is 5.16 Å². The van der Waals surface area contributed by atoms with E-state index >= 15 is 0 Å². The highest BCUT2D eigenvalue weighted by Gasteiger charge is 2.17. The lowest BCUT2D eigenvalue weighted by Gasteiger charge is -2.19. The van der Waals surface area contributed by atoms with E-state index in [1.807, 2.05) is 17.9 Å². The predicted octanol–water partition coefficient (Wildman–Crippen LogP) is 5.55. The number of aryl methyl sites for hydroxylation is 3. The first-order chi connectivity index (χ1) is 13.6. The van der Waals surface area contributed by atoms with Crippen LogP contribution in [0.15, 0.2) is 66.1 Å². The number of allylic oxidation sites excluding steroid dienone is 4. The van der Waals surface area contributed by atoms with E-state index in [1.165, 1.54) is 39.0 Å². The van der Waals surface area contributed by atoms with Crippen LogP contribution < -0.4 is 4.57 Å². The van der Waals surface area contributed by atoms with Crippen molar-refractivity contribution in [2.75, 3.05) is 0 Å². The van der Waals surface area contributed by atoms with Crippen LogP contribution in [0.5, 0.6) is 0 Å². The van der Waals surface area contributed by atoms with Gasteiger partial charge in [-0.05, 0) is 71.8 Å². The van der Waals surface area contributed by atoms with Crippen LogP contribution >= 0.6 is 11.8 Å². The van der Waals surface area contributed by atoms with Crippen LogP contribution in [0.3, 0.4) is 0 Å². The highest BCUT2D eigenvalue weighted by Crippen LogP contribution is 2.38. The maximum atomic E-state index is 4.31. The largest absolute Gasteiger partial charge is 0.336 e. The van der Waals surface area contributed by atoms with E-state index in [2.05, 4.69) is 84.4 Å². The molecular weight excluding hydrogens is 362 g/mol. The zero-order valence-corrected chi connectivity index (χ0v) is 17.4. The fourth-order valence-corrected chi connectivity index (χ4v) is 4.43. The average molecular weight is 388 g/mol. The Morgan fingerprint density at radius 3 is 2.79 bits per heavy atom. The third-order valence-corrected chi connectivity index (χ3v) is 6.07. The fraction of sp³-hybridized carbons (Fsp3) is 0.208. The van der Waals surface area contributed by atoms with Crippen LogP contribution in [-0.2, 0) is 7.05 Å². The van der Waals surface area contributed by atoms with Crippen molar-refractivity contribution in [3.8, 4) is 11.1 Å². The number of H-pyrrole nitrogens is 1. The van der Waals surface area contributed by atoms with Gasteiger partial charge < -0.3 is 0 Å². The first-order valence-electron chi connectivity index (χ1n) is 9.59. The van der Waals surface area contributed by atoms with Gasteiger partial charge in [0.15, 0.2) is 0 Å². The van der Waals surface area contributed by atoms with Gasteiger partial charge in [-0.1, -0.05) is 60.2 Å². The predicted molar refractivity (Wildman–Crippen MR) is 117 cm³/mol. The van der Waals surface area contributed by atoms with Gasteiger partial charge in [-0.3, -0.25) is 0 Å².